The summed E-state index contributed by atoms with van der Waals surface area (Å²) in [4.78, 5) is 33.6. The molecule has 0 unspecified atom stereocenters. The van der Waals surface area contributed by atoms with Crippen LogP contribution in [0.25, 0.3) is 0 Å². The number of nitrogens with one attached hydrogen (secondary N) is 1. The number of ether oxygens (including phenoxy) is 1. The first-order chi connectivity index (χ1) is 11.9. The van der Waals surface area contributed by atoms with E-state index in [9.17, 15) is 14.4 Å². The molecule has 2 fully saturated rings. The van der Waals surface area contributed by atoms with Crippen LogP contribution >= 0.6 is 0 Å². The predicted octanol–water partition coefficient (Wildman–Crippen LogP) is 3.17. The van der Waals surface area contributed by atoms with Crippen LogP contribution in [-0.2, 0) is 14.3 Å². The Bertz CT molecular complexity index is 496. The van der Waals surface area contributed by atoms with Gasteiger partial charge in [-0.2, -0.15) is 0 Å². The van der Waals surface area contributed by atoms with Crippen LogP contribution in [0.3, 0.4) is 0 Å². The molecule has 7 heteroatoms. The molecule has 0 aromatic heterocycles. The van der Waals surface area contributed by atoms with Crippen LogP contribution in [0, 0.1) is 10.8 Å². The molecule has 2 aliphatic carbocycles. The van der Waals surface area contributed by atoms with Gasteiger partial charge in [-0.25, -0.2) is 4.79 Å². The first-order valence-electron chi connectivity index (χ1n) is 9.28. The highest BCUT2D eigenvalue weighted by atomic mass is 16.5. The number of hydrogen-bond donors (Lipinski definition) is 3. The van der Waals surface area contributed by atoms with Gasteiger partial charge in [0.05, 0.1) is 17.4 Å². The van der Waals surface area contributed by atoms with Crippen molar-refractivity contribution in [3.05, 3.63) is 0 Å². The van der Waals surface area contributed by atoms with Gasteiger partial charge in [-0.15, -0.1) is 0 Å². The van der Waals surface area contributed by atoms with Crippen molar-refractivity contribution < 1.29 is 29.3 Å². The molecular formula is C18H29NO6. The minimum Gasteiger partial charge on any atom is -0.481 e. The molecule has 3 N–H and O–H groups in total. The lowest BCUT2D eigenvalue weighted by molar-refractivity contribution is -0.144. The molecule has 0 aromatic rings. The smallest absolute Gasteiger partial charge is 0.407 e. The van der Waals surface area contributed by atoms with Crippen LogP contribution in [0.1, 0.15) is 70.6 Å². The standard InChI is InChI=1S/C18H29NO6/c20-14(21)17(8-9-17)6-2-1-4-12-19-16(24)25-13-5-3-7-18(10-11-18)15(22)23/h1-13H2,(H,19,24)(H,20,21)(H,22,23). The number of carbonyl (C=O) groups excluding carboxylic acids is 1. The summed E-state index contributed by atoms with van der Waals surface area (Å²) in [5.41, 5.74) is -0.950. The zero-order valence-corrected chi connectivity index (χ0v) is 14.7. The Hall–Kier alpha value is -1.79. The Morgan fingerprint density at radius 1 is 0.800 bits per heavy atom. The van der Waals surface area contributed by atoms with Gasteiger partial charge < -0.3 is 20.3 Å². The number of unbranched alkanes of at least 4 members (excludes halogenated alkanes) is 3. The van der Waals surface area contributed by atoms with Crippen molar-refractivity contribution in [2.75, 3.05) is 13.2 Å². The number of carboxylic acid groups (broad SMARTS) is 2. The number of carboxylic acids is 2. The zero-order valence-electron chi connectivity index (χ0n) is 14.7. The van der Waals surface area contributed by atoms with Crippen molar-refractivity contribution in [1.29, 1.82) is 0 Å². The van der Waals surface area contributed by atoms with Gasteiger partial charge in [-0.05, 0) is 57.8 Å². The summed E-state index contributed by atoms with van der Waals surface area (Å²) in [5, 5.41) is 20.8. The second-order valence-electron chi connectivity index (χ2n) is 7.50. The summed E-state index contributed by atoms with van der Waals surface area (Å²) in [6.45, 7) is 0.837. The van der Waals surface area contributed by atoms with Crippen molar-refractivity contribution >= 4 is 18.0 Å². The zero-order chi connectivity index (χ0) is 18.3. The second kappa shape index (κ2) is 8.54. The van der Waals surface area contributed by atoms with E-state index in [1.807, 2.05) is 0 Å². The normalized spacial score (nSPS) is 19.0. The highest BCUT2D eigenvalue weighted by Crippen LogP contribution is 2.50. The van der Waals surface area contributed by atoms with Crippen molar-refractivity contribution in [3.8, 4) is 0 Å². The van der Waals surface area contributed by atoms with Crippen LogP contribution in [0.15, 0.2) is 0 Å². The largest absolute Gasteiger partial charge is 0.481 e. The van der Waals surface area contributed by atoms with Gasteiger partial charge >= 0.3 is 18.0 Å². The van der Waals surface area contributed by atoms with Crippen LogP contribution in [-0.4, -0.2) is 41.4 Å². The van der Waals surface area contributed by atoms with Crippen molar-refractivity contribution in [1.82, 2.24) is 5.32 Å². The van der Waals surface area contributed by atoms with E-state index in [4.69, 9.17) is 14.9 Å². The minimum atomic E-state index is -0.706. The van der Waals surface area contributed by atoms with Crippen LogP contribution in [0.2, 0.25) is 0 Å². The van der Waals surface area contributed by atoms with Gasteiger partial charge in [-0.3, -0.25) is 9.59 Å². The van der Waals surface area contributed by atoms with E-state index < -0.39 is 28.9 Å². The molecule has 0 radical (unpaired) electrons. The quantitative estimate of drug-likeness (QED) is 0.437. The maximum absolute atomic E-state index is 11.5. The maximum atomic E-state index is 11.5. The lowest BCUT2D eigenvalue weighted by Gasteiger charge is -2.10. The summed E-state index contributed by atoms with van der Waals surface area (Å²) in [5.74, 6) is -1.38. The van der Waals surface area contributed by atoms with Gasteiger partial charge in [0.25, 0.3) is 0 Å². The van der Waals surface area contributed by atoms with E-state index in [2.05, 4.69) is 5.32 Å². The van der Waals surface area contributed by atoms with Crippen LogP contribution in [0.4, 0.5) is 4.79 Å². The van der Waals surface area contributed by atoms with Crippen molar-refractivity contribution in [3.63, 3.8) is 0 Å². The van der Waals surface area contributed by atoms with E-state index >= 15 is 0 Å². The molecule has 0 bridgehead atoms. The fourth-order valence-electron chi connectivity index (χ4n) is 3.18. The number of amides is 1. The van der Waals surface area contributed by atoms with Gasteiger partial charge in [0, 0.05) is 6.54 Å². The molecule has 1 amide bonds. The molecule has 0 atom stereocenters. The van der Waals surface area contributed by atoms with E-state index in [1.54, 1.807) is 0 Å². The topological polar surface area (TPSA) is 113 Å². The highest BCUT2D eigenvalue weighted by molar-refractivity contribution is 5.78. The predicted molar refractivity (Wildman–Crippen MR) is 90.3 cm³/mol. The molecule has 0 saturated heterocycles. The molecular weight excluding hydrogens is 326 g/mol. The van der Waals surface area contributed by atoms with Crippen molar-refractivity contribution in [2.45, 2.75) is 70.6 Å². The third kappa shape index (κ3) is 5.90. The third-order valence-corrected chi connectivity index (χ3v) is 5.50. The highest BCUT2D eigenvalue weighted by Gasteiger charge is 2.49. The Kier molecular flexibility index (Phi) is 6.67. The second-order valence-corrected chi connectivity index (χ2v) is 7.50. The molecule has 2 rings (SSSR count). The first-order valence-corrected chi connectivity index (χ1v) is 9.28. The molecule has 0 heterocycles. The van der Waals surface area contributed by atoms with Crippen molar-refractivity contribution in [2.24, 2.45) is 10.8 Å². The third-order valence-electron chi connectivity index (χ3n) is 5.50. The molecule has 7 nitrogen and oxygen atoms in total. The summed E-state index contributed by atoms with van der Waals surface area (Å²) < 4.78 is 5.06. The average molecular weight is 355 g/mol. The Morgan fingerprint density at radius 2 is 1.32 bits per heavy atom. The number of hydrogen-bond acceptors (Lipinski definition) is 4. The summed E-state index contributed by atoms with van der Waals surface area (Å²) in [7, 11) is 0. The molecule has 0 aromatic carbocycles. The first kappa shape index (κ1) is 19.5. The molecule has 25 heavy (non-hydrogen) atoms. The number of carbonyl (C=O) groups is 3. The Balaban J connectivity index is 1.39. The Morgan fingerprint density at radius 3 is 1.80 bits per heavy atom. The van der Waals surface area contributed by atoms with E-state index in [0.29, 0.717) is 26.0 Å². The summed E-state index contributed by atoms with van der Waals surface area (Å²) >= 11 is 0. The molecule has 0 spiro atoms. The number of alkyl carbamates (subject to hydrolysis) is 1. The fraction of sp³-hybridized carbons (Fsp3) is 0.833. The van der Waals surface area contributed by atoms with E-state index in [-0.39, 0.29) is 0 Å². The average Bonchev–Trinajstić information content (AvgIpc) is 3.45. The number of aliphatic carboxylic acids is 2. The number of rotatable bonds is 13. The molecule has 2 saturated carbocycles. The fourth-order valence-corrected chi connectivity index (χ4v) is 3.18. The van der Waals surface area contributed by atoms with Crippen LogP contribution in [0.5, 0.6) is 0 Å². The monoisotopic (exact) mass is 355 g/mol. The summed E-state index contributed by atoms with van der Waals surface area (Å²) in [6.07, 6.45) is 8.06. The van der Waals surface area contributed by atoms with Gasteiger partial charge in [-0.1, -0.05) is 12.8 Å². The molecule has 142 valence electrons. The summed E-state index contributed by atoms with van der Waals surface area (Å²) in [6, 6.07) is 0. The lowest BCUT2D eigenvalue weighted by atomic mass is 9.99. The van der Waals surface area contributed by atoms with Gasteiger partial charge in [0.15, 0.2) is 0 Å². The minimum absolute atomic E-state index is 0.308. The van der Waals surface area contributed by atoms with E-state index in [1.165, 1.54) is 0 Å². The van der Waals surface area contributed by atoms with Gasteiger partial charge in [0.2, 0.25) is 0 Å². The molecule has 0 aliphatic heterocycles. The Labute approximate surface area is 148 Å². The van der Waals surface area contributed by atoms with Crippen LogP contribution < -0.4 is 5.32 Å². The molecule has 2 aliphatic rings. The van der Waals surface area contributed by atoms with E-state index in [0.717, 1.165) is 57.8 Å². The lowest BCUT2D eigenvalue weighted by Crippen LogP contribution is -2.25. The maximum Gasteiger partial charge on any atom is 0.407 e. The SMILES string of the molecule is O=C(NCCCCCC1(C(=O)O)CC1)OCCCCC1(C(=O)O)CC1. The van der Waals surface area contributed by atoms with Gasteiger partial charge in [0.1, 0.15) is 0 Å².